The highest BCUT2D eigenvalue weighted by Gasteiger charge is 2.68. The number of cyclic esters (lactones) is 1. The van der Waals surface area contributed by atoms with Crippen LogP contribution in [-0.2, 0) is 23.7 Å². The lowest BCUT2D eigenvalue weighted by molar-refractivity contribution is -0.213. The summed E-state index contributed by atoms with van der Waals surface area (Å²) >= 11 is 0. The predicted octanol–water partition coefficient (Wildman–Crippen LogP) is 2.45. The Balaban J connectivity index is 1.55. The molecule has 29 heavy (non-hydrogen) atoms. The molecule has 0 spiro atoms. The number of ether oxygens (including phenoxy) is 4. The van der Waals surface area contributed by atoms with Crippen molar-refractivity contribution in [1.82, 2.24) is 4.90 Å². The minimum atomic E-state index is -0.681. The molecule has 0 saturated carbocycles. The van der Waals surface area contributed by atoms with E-state index in [1.165, 1.54) is 0 Å². The third-order valence-electron chi connectivity index (χ3n) is 7.68. The van der Waals surface area contributed by atoms with Crippen molar-refractivity contribution in [1.29, 1.82) is 0 Å². The molecule has 2 bridgehead atoms. The zero-order chi connectivity index (χ0) is 20.5. The lowest BCUT2D eigenvalue weighted by Crippen LogP contribution is -2.58. The maximum Gasteiger partial charge on any atom is 0.343 e. The van der Waals surface area contributed by atoms with Crippen molar-refractivity contribution >= 4 is 5.97 Å². The van der Waals surface area contributed by atoms with E-state index in [0.29, 0.717) is 22.9 Å². The van der Waals surface area contributed by atoms with Gasteiger partial charge in [-0.2, -0.15) is 0 Å². The molecule has 1 N–H and O–H groups in total. The van der Waals surface area contributed by atoms with E-state index in [9.17, 15) is 9.90 Å². The van der Waals surface area contributed by atoms with E-state index in [1.54, 1.807) is 14.0 Å². The Morgan fingerprint density at radius 1 is 1.38 bits per heavy atom. The van der Waals surface area contributed by atoms with Gasteiger partial charge in [-0.25, -0.2) is 4.79 Å². The minimum Gasteiger partial charge on any atom is -0.492 e. The molecule has 0 aromatic rings. The van der Waals surface area contributed by atoms with Crippen molar-refractivity contribution < 1.29 is 28.8 Å². The van der Waals surface area contributed by atoms with Gasteiger partial charge in [-0.1, -0.05) is 13.8 Å². The van der Waals surface area contributed by atoms with Crippen molar-refractivity contribution in [2.75, 3.05) is 13.7 Å². The smallest absolute Gasteiger partial charge is 0.343 e. The van der Waals surface area contributed by atoms with E-state index < -0.39 is 5.79 Å². The van der Waals surface area contributed by atoms with Crippen LogP contribution in [0.15, 0.2) is 22.9 Å². The number of hydrogen-bond donors (Lipinski definition) is 1. The monoisotopic (exact) mass is 405 g/mol. The Labute approximate surface area is 171 Å². The quantitative estimate of drug-likeness (QED) is 0.723. The molecule has 0 amide bonds. The zero-order valence-electron chi connectivity index (χ0n) is 17.6. The topological polar surface area (TPSA) is 77.5 Å². The molecule has 4 fully saturated rings. The van der Waals surface area contributed by atoms with Gasteiger partial charge in [0.25, 0.3) is 0 Å². The second-order valence-electron chi connectivity index (χ2n) is 9.08. The summed E-state index contributed by atoms with van der Waals surface area (Å²) in [6.07, 6.45) is 4.22. The second kappa shape index (κ2) is 6.72. The molecule has 5 aliphatic heterocycles. The number of methoxy groups -OCH3 is 1. The first-order chi connectivity index (χ1) is 13.9. The van der Waals surface area contributed by atoms with Gasteiger partial charge < -0.3 is 24.1 Å². The van der Waals surface area contributed by atoms with Gasteiger partial charge in [0.05, 0.1) is 30.8 Å². The van der Waals surface area contributed by atoms with Crippen LogP contribution in [0, 0.1) is 11.8 Å². The van der Waals surface area contributed by atoms with Gasteiger partial charge in [-0.05, 0) is 39.2 Å². The number of aliphatic hydroxyl groups is 1. The van der Waals surface area contributed by atoms with E-state index in [-0.39, 0.29) is 42.1 Å². The number of carbonyl (C=O) groups is 1. The lowest BCUT2D eigenvalue weighted by Gasteiger charge is -2.46. The number of piperidine rings is 1. The summed E-state index contributed by atoms with van der Waals surface area (Å²) in [7, 11) is 1.55. The van der Waals surface area contributed by atoms with Crippen LogP contribution in [0.5, 0.6) is 0 Å². The highest BCUT2D eigenvalue weighted by Crippen LogP contribution is 2.59. The Morgan fingerprint density at radius 3 is 2.90 bits per heavy atom. The van der Waals surface area contributed by atoms with Gasteiger partial charge in [0, 0.05) is 24.4 Å². The van der Waals surface area contributed by atoms with Gasteiger partial charge >= 0.3 is 5.97 Å². The van der Waals surface area contributed by atoms with Crippen LogP contribution in [0.3, 0.4) is 0 Å². The molecule has 5 aliphatic rings. The van der Waals surface area contributed by atoms with Crippen molar-refractivity contribution in [2.45, 2.75) is 83.0 Å². The first kappa shape index (κ1) is 19.4. The molecule has 7 nitrogen and oxygen atoms in total. The fourth-order valence-corrected chi connectivity index (χ4v) is 6.40. The summed E-state index contributed by atoms with van der Waals surface area (Å²) < 4.78 is 24.2. The number of hydrogen-bond acceptors (Lipinski definition) is 7. The van der Waals surface area contributed by atoms with Gasteiger partial charge in [-0.3, -0.25) is 4.90 Å². The molecule has 7 heteroatoms. The molecule has 5 rings (SSSR count). The molecular weight excluding hydrogens is 374 g/mol. The zero-order valence-corrected chi connectivity index (χ0v) is 17.6. The van der Waals surface area contributed by atoms with Crippen LogP contribution in [0.2, 0.25) is 0 Å². The lowest BCUT2D eigenvalue weighted by atomic mass is 9.77. The molecule has 0 aromatic heterocycles. The van der Waals surface area contributed by atoms with Crippen LogP contribution in [0.1, 0.15) is 52.9 Å². The van der Waals surface area contributed by atoms with E-state index in [1.807, 2.05) is 6.92 Å². The van der Waals surface area contributed by atoms with Crippen LogP contribution >= 0.6 is 0 Å². The number of aliphatic hydroxyl groups excluding tert-OH is 1. The van der Waals surface area contributed by atoms with E-state index >= 15 is 0 Å². The number of esters is 1. The minimum absolute atomic E-state index is 0.0296. The van der Waals surface area contributed by atoms with Crippen molar-refractivity contribution in [3.63, 3.8) is 0 Å². The normalized spacial score (nSPS) is 45.0. The van der Waals surface area contributed by atoms with E-state index in [4.69, 9.17) is 18.9 Å². The number of rotatable bonds is 3. The third kappa shape index (κ3) is 2.56. The molecule has 7 atom stereocenters. The molecule has 0 aliphatic carbocycles. The molecule has 0 aromatic carbocycles. The SMILES string of the molecule is CC[C@H](O)[C@@H]1CC[C@@H]2O[C@@]34CCCN1C2C3[C@H](C)/C(=C1/OC(=O)C(C)=C1OC)O4. The first-order valence-electron chi connectivity index (χ1n) is 10.9. The molecule has 4 saturated heterocycles. The van der Waals surface area contributed by atoms with Crippen LogP contribution < -0.4 is 0 Å². The third-order valence-corrected chi connectivity index (χ3v) is 7.68. The molecule has 5 heterocycles. The molecule has 0 radical (unpaired) electrons. The fourth-order valence-electron chi connectivity index (χ4n) is 6.40. The largest absolute Gasteiger partial charge is 0.492 e. The predicted molar refractivity (Wildman–Crippen MR) is 103 cm³/mol. The molecular formula is C22H31NO6. The van der Waals surface area contributed by atoms with Crippen LogP contribution in [-0.4, -0.2) is 59.7 Å². The van der Waals surface area contributed by atoms with Gasteiger partial charge in [0.2, 0.25) is 11.5 Å². The summed E-state index contributed by atoms with van der Waals surface area (Å²) in [4.78, 5) is 14.6. The van der Waals surface area contributed by atoms with Crippen LogP contribution in [0.4, 0.5) is 0 Å². The summed E-state index contributed by atoms with van der Waals surface area (Å²) in [5, 5.41) is 10.7. The second-order valence-corrected chi connectivity index (χ2v) is 9.08. The Hall–Kier alpha value is -1.57. The standard InChI is InChI=1S/C22H31NO6/c1-5-14(24)13-7-8-15-17-16-11(2)19(20-18(26-4)12(3)21(25)27-20)29-22(16,28-15)9-6-10-23(13)17/h11,13-17,24H,5-10H2,1-4H3/b20-19-/t11-,13-,14-,15-,16?,17?,22+/m0/s1. The average molecular weight is 405 g/mol. The Bertz CT molecular complexity index is 790. The molecule has 2 unspecified atom stereocenters. The fraction of sp³-hybridized carbons (Fsp3) is 0.773. The summed E-state index contributed by atoms with van der Waals surface area (Å²) in [5.41, 5.74) is 0.466. The highest BCUT2D eigenvalue weighted by molar-refractivity contribution is 5.93. The Morgan fingerprint density at radius 2 is 2.17 bits per heavy atom. The van der Waals surface area contributed by atoms with E-state index in [2.05, 4.69) is 11.8 Å². The van der Waals surface area contributed by atoms with Gasteiger partial charge in [-0.15, -0.1) is 0 Å². The number of nitrogens with zero attached hydrogens (tertiary/aromatic N) is 1. The van der Waals surface area contributed by atoms with E-state index in [0.717, 1.165) is 38.6 Å². The maximum atomic E-state index is 12.1. The van der Waals surface area contributed by atoms with Gasteiger partial charge in [0.15, 0.2) is 5.76 Å². The molecule has 160 valence electrons. The Kier molecular flexibility index (Phi) is 4.50. The number of allylic oxidation sites excluding steroid dienone is 1. The van der Waals surface area contributed by atoms with Gasteiger partial charge in [0.1, 0.15) is 5.76 Å². The van der Waals surface area contributed by atoms with Crippen molar-refractivity contribution in [3.05, 3.63) is 22.9 Å². The van der Waals surface area contributed by atoms with Crippen molar-refractivity contribution in [2.24, 2.45) is 11.8 Å². The number of carbonyl (C=O) groups excluding carboxylic acids is 1. The summed E-state index contributed by atoms with van der Waals surface area (Å²) in [6, 6.07) is 0.377. The summed E-state index contributed by atoms with van der Waals surface area (Å²) in [5.74, 6) is 0.631. The van der Waals surface area contributed by atoms with Crippen LogP contribution in [0.25, 0.3) is 0 Å². The highest BCUT2D eigenvalue weighted by atomic mass is 16.7. The first-order valence-corrected chi connectivity index (χ1v) is 10.9. The summed E-state index contributed by atoms with van der Waals surface area (Å²) in [6.45, 7) is 6.85. The average Bonchev–Trinajstić information content (AvgIpc) is 3.23. The van der Waals surface area contributed by atoms with Crippen molar-refractivity contribution in [3.8, 4) is 0 Å². The maximum absolute atomic E-state index is 12.1.